The summed E-state index contributed by atoms with van der Waals surface area (Å²) in [7, 11) is 0. The highest BCUT2D eigenvalue weighted by molar-refractivity contribution is 4.93. The molecule has 0 unspecified atom stereocenters. The second-order valence-corrected chi connectivity index (χ2v) is 3.72. The molecule has 2 rings (SSSR count). The van der Waals surface area contributed by atoms with Gasteiger partial charge in [0.2, 0.25) is 0 Å². The Balaban J connectivity index is 1.92. The number of nitrogens with one attached hydrogen (secondary N) is 1. The van der Waals surface area contributed by atoms with Crippen molar-refractivity contribution in [1.29, 1.82) is 0 Å². The van der Waals surface area contributed by atoms with E-state index in [2.05, 4.69) is 20.6 Å². The predicted octanol–water partition coefficient (Wildman–Crippen LogP) is 0.432. The molecule has 5 nitrogen and oxygen atoms in total. The molecule has 0 spiro atoms. The molecule has 1 aliphatic rings. The van der Waals surface area contributed by atoms with Crippen molar-refractivity contribution < 1.29 is 0 Å². The largest absolute Gasteiger partial charge is 0.330 e. The highest BCUT2D eigenvalue weighted by atomic mass is 15.5. The number of rotatable bonds is 2. The molecule has 1 aromatic heterocycles. The lowest BCUT2D eigenvalue weighted by Crippen LogP contribution is -2.21. The lowest BCUT2D eigenvalue weighted by molar-refractivity contribution is 0.325. The maximum absolute atomic E-state index is 5.62. The number of hydrogen-bond donors (Lipinski definition) is 2. The van der Waals surface area contributed by atoms with Crippen LogP contribution in [0.1, 0.15) is 37.4 Å². The van der Waals surface area contributed by atoms with Crippen molar-refractivity contribution in [3.63, 3.8) is 0 Å². The van der Waals surface area contributed by atoms with Crippen LogP contribution in [0.3, 0.4) is 0 Å². The van der Waals surface area contributed by atoms with Crippen LogP contribution < -0.4 is 5.73 Å². The van der Waals surface area contributed by atoms with Gasteiger partial charge >= 0.3 is 0 Å². The second kappa shape index (κ2) is 3.83. The third-order valence-electron chi connectivity index (χ3n) is 2.91. The van der Waals surface area contributed by atoms with Gasteiger partial charge in [0.1, 0.15) is 0 Å². The van der Waals surface area contributed by atoms with Crippen molar-refractivity contribution in [1.82, 2.24) is 20.6 Å². The molecule has 1 saturated carbocycles. The molecule has 13 heavy (non-hydrogen) atoms. The summed E-state index contributed by atoms with van der Waals surface area (Å²) < 4.78 is 0. The van der Waals surface area contributed by atoms with Crippen molar-refractivity contribution in [2.75, 3.05) is 6.54 Å². The van der Waals surface area contributed by atoms with Gasteiger partial charge in [0.15, 0.2) is 5.82 Å². The third-order valence-corrected chi connectivity index (χ3v) is 2.91. The molecule has 3 N–H and O–H groups in total. The first-order chi connectivity index (χ1) is 6.40. The van der Waals surface area contributed by atoms with Crippen molar-refractivity contribution in [2.45, 2.75) is 31.6 Å². The van der Waals surface area contributed by atoms with Gasteiger partial charge in [-0.25, -0.2) is 0 Å². The van der Waals surface area contributed by atoms with E-state index >= 15 is 0 Å². The number of H-pyrrole nitrogens is 1. The van der Waals surface area contributed by atoms with Crippen LogP contribution in [0, 0.1) is 5.92 Å². The molecular weight excluding hydrogens is 166 g/mol. The highest BCUT2D eigenvalue weighted by Gasteiger charge is 2.23. The minimum Gasteiger partial charge on any atom is -0.330 e. The predicted molar refractivity (Wildman–Crippen MR) is 47.9 cm³/mol. The lowest BCUT2D eigenvalue weighted by Gasteiger charge is -2.25. The van der Waals surface area contributed by atoms with Gasteiger partial charge in [-0.3, -0.25) is 0 Å². The minimum absolute atomic E-state index is 0.501. The SMILES string of the molecule is NCC1CCC(c2nn[nH]n2)CC1. The molecule has 0 aliphatic heterocycles. The fraction of sp³-hybridized carbons (Fsp3) is 0.875. The smallest absolute Gasteiger partial charge is 0.177 e. The topological polar surface area (TPSA) is 80.5 Å². The quantitative estimate of drug-likeness (QED) is 0.693. The average molecular weight is 181 g/mol. The van der Waals surface area contributed by atoms with Crippen LogP contribution in [0.25, 0.3) is 0 Å². The molecule has 72 valence electrons. The monoisotopic (exact) mass is 181 g/mol. The third kappa shape index (κ3) is 1.85. The minimum atomic E-state index is 0.501. The number of aromatic amines is 1. The summed E-state index contributed by atoms with van der Waals surface area (Å²) in [5.74, 6) is 2.08. The van der Waals surface area contributed by atoms with Gasteiger partial charge in [-0.2, -0.15) is 5.21 Å². The van der Waals surface area contributed by atoms with Crippen molar-refractivity contribution in [3.05, 3.63) is 5.82 Å². The molecule has 1 fully saturated rings. The van der Waals surface area contributed by atoms with Crippen molar-refractivity contribution >= 4 is 0 Å². The van der Waals surface area contributed by atoms with E-state index in [1.807, 2.05) is 0 Å². The Bertz CT molecular complexity index is 237. The Morgan fingerprint density at radius 3 is 2.62 bits per heavy atom. The van der Waals surface area contributed by atoms with Crippen LogP contribution in [0.5, 0.6) is 0 Å². The molecule has 0 aromatic carbocycles. The van der Waals surface area contributed by atoms with E-state index in [0.717, 1.165) is 25.2 Å². The van der Waals surface area contributed by atoms with E-state index in [1.165, 1.54) is 12.8 Å². The maximum atomic E-state index is 5.62. The lowest BCUT2D eigenvalue weighted by atomic mass is 9.82. The summed E-state index contributed by atoms with van der Waals surface area (Å²) >= 11 is 0. The zero-order chi connectivity index (χ0) is 9.10. The van der Waals surface area contributed by atoms with Crippen LogP contribution in [0.2, 0.25) is 0 Å². The summed E-state index contributed by atoms with van der Waals surface area (Å²) in [5.41, 5.74) is 5.62. The fourth-order valence-electron chi connectivity index (χ4n) is 2.00. The zero-order valence-electron chi connectivity index (χ0n) is 7.61. The first-order valence-electron chi connectivity index (χ1n) is 4.83. The van der Waals surface area contributed by atoms with Crippen LogP contribution in [-0.2, 0) is 0 Å². The molecule has 0 atom stereocenters. The molecule has 0 saturated heterocycles. The van der Waals surface area contributed by atoms with Gasteiger partial charge in [0.05, 0.1) is 0 Å². The van der Waals surface area contributed by atoms with Gasteiger partial charge in [-0.1, -0.05) is 5.21 Å². The summed E-state index contributed by atoms with van der Waals surface area (Å²) in [6, 6.07) is 0. The van der Waals surface area contributed by atoms with Gasteiger partial charge in [0, 0.05) is 5.92 Å². The first-order valence-corrected chi connectivity index (χ1v) is 4.83. The summed E-state index contributed by atoms with van der Waals surface area (Å²) in [6.07, 6.45) is 4.72. The van der Waals surface area contributed by atoms with Gasteiger partial charge in [0.25, 0.3) is 0 Å². The second-order valence-electron chi connectivity index (χ2n) is 3.72. The molecule has 1 heterocycles. The number of hydrogen-bond acceptors (Lipinski definition) is 4. The highest BCUT2D eigenvalue weighted by Crippen LogP contribution is 2.33. The molecule has 0 bridgehead atoms. The number of aromatic nitrogens is 4. The fourth-order valence-corrected chi connectivity index (χ4v) is 2.00. The van der Waals surface area contributed by atoms with Gasteiger partial charge < -0.3 is 5.73 Å². The Morgan fingerprint density at radius 2 is 2.08 bits per heavy atom. The van der Waals surface area contributed by atoms with Gasteiger partial charge in [-0.15, -0.1) is 10.2 Å². The number of nitrogens with two attached hydrogens (primary N) is 1. The zero-order valence-corrected chi connectivity index (χ0v) is 7.61. The van der Waals surface area contributed by atoms with E-state index in [4.69, 9.17) is 5.73 Å². The molecule has 1 aromatic rings. The van der Waals surface area contributed by atoms with E-state index < -0.39 is 0 Å². The Kier molecular flexibility index (Phi) is 2.54. The molecule has 0 radical (unpaired) electrons. The van der Waals surface area contributed by atoms with E-state index in [0.29, 0.717) is 11.8 Å². The number of tetrazole rings is 1. The van der Waals surface area contributed by atoms with Crippen LogP contribution in [-0.4, -0.2) is 27.2 Å². The van der Waals surface area contributed by atoms with E-state index in [1.54, 1.807) is 0 Å². The molecule has 0 amide bonds. The molecule has 5 heteroatoms. The summed E-state index contributed by atoms with van der Waals surface area (Å²) in [6.45, 7) is 0.818. The van der Waals surface area contributed by atoms with Crippen LogP contribution in [0.4, 0.5) is 0 Å². The first kappa shape index (κ1) is 8.62. The standard InChI is InChI=1S/C8H15N5/c9-5-6-1-3-7(4-2-6)8-10-12-13-11-8/h6-7H,1-5,9H2,(H,10,11,12,13). The summed E-state index contributed by atoms with van der Waals surface area (Å²) in [4.78, 5) is 0. The van der Waals surface area contributed by atoms with Gasteiger partial charge in [-0.05, 0) is 38.1 Å². The van der Waals surface area contributed by atoms with Crippen LogP contribution >= 0.6 is 0 Å². The molecular formula is C8H15N5. The average Bonchev–Trinajstić information content (AvgIpc) is 2.71. The van der Waals surface area contributed by atoms with E-state index in [9.17, 15) is 0 Å². The van der Waals surface area contributed by atoms with Crippen LogP contribution in [0.15, 0.2) is 0 Å². The summed E-state index contributed by atoms with van der Waals surface area (Å²) in [5, 5.41) is 14.1. The Labute approximate surface area is 77.1 Å². The van der Waals surface area contributed by atoms with E-state index in [-0.39, 0.29) is 0 Å². The van der Waals surface area contributed by atoms with Crippen molar-refractivity contribution in [3.8, 4) is 0 Å². The number of nitrogens with zero attached hydrogens (tertiary/aromatic N) is 3. The molecule has 1 aliphatic carbocycles. The Morgan fingerprint density at radius 1 is 1.31 bits per heavy atom. The maximum Gasteiger partial charge on any atom is 0.177 e. The Hall–Kier alpha value is -0.970. The van der Waals surface area contributed by atoms with Crippen molar-refractivity contribution in [2.24, 2.45) is 11.7 Å². The normalized spacial score (nSPS) is 29.0.